The molecule has 0 aromatic heterocycles. The van der Waals surface area contributed by atoms with Crippen LogP contribution >= 0.6 is 0 Å². The van der Waals surface area contributed by atoms with Crippen molar-refractivity contribution >= 4 is 15.7 Å². The highest BCUT2D eigenvalue weighted by molar-refractivity contribution is 7.89. The van der Waals surface area contributed by atoms with Crippen LogP contribution < -0.4 is 10.5 Å². The summed E-state index contributed by atoms with van der Waals surface area (Å²) in [7, 11) is -3.74. The SMILES string of the molecule is Nc1cc(F)cc(S(=O)(=O)NC2CCOC2)c1. The zero-order valence-electron chi connectivity index (χ0n) is 9.02. The standard InChI is InChI=1S/C10H13FN2O3S/c11-7-3-8(12)5-10(4-7)17(14,15)13-9-1-2-16-6-9/h3-5,9,13H,1-2,6,12H2. The fraction of sp³-hybridized carbons (Fsp3) is 0.400. The van der Waals surface area contributed by atoms with Gasteiger partial charge in [0.15, 0.2) is 0 Å². The Labute approximate surface area is 98.8 Å². The zero-order chi connectivity index (χ0) is 12.5. The van der Waals surface area contributed by atoms with Gasteiger partial charge in [0.05, 0.1) is 11.5 Å². The molecule has 1 heterocycles. The molecule has 3 N–H and O–H groups in total. The predicted molar refractivity (Wildman–Crippen MR) is 60.4 cm³/mol. The minimum absolute atomic E-state index is 0.0769. The van der Waals surface area contributed by atoms with Crippen LogP contribution in [0, 0.1) is 5.82 Å². The number of nitrogens with one attached hydrogen (secondary N) is 1. The summed E-state index contributed by atoms with van der Waals surface area (Å²) >= 11 is 0. The molecule has 1 atom stereocenters. The van der Waals surface area contributed by atoms with Gasteiger partial charge in [0.25, 0.3) is 0 Å². The van der Waals surface area contributed by atoms with E-state index in [9.17, 15) is 12.8 Å². The highest BCUT2D eigenvalue weighted by Crippen LogP contribution is 2.17. The fourth-order valence-electron chi connectivity index (χ4n) is 1.65. The van der Waals surface area contributed by atoms with Gasteiger partial charge in [-0.1, -0.05) is 0 Å². The molecule has 1 aromatic rings. The van der Waals surface area contributed by atoms with Gasteiger partial charge in [0.2, 0.25) is 10.0 Å². The molecule has 1 fully saturated rings. The third-order valence-corrected chi connectivity index (χ3v) is 3.96. The van der Waals surface area contributed by atoms with Crippen molar-refractivity contribution in [3.63, 3.8) is 0 Å². The van der Waals surface area contributed by atoms with Crippen molar-refractivity contribution < 1.29 is 17.5 Å². The van der Waals surface area contributed by atoms with Gasteiger partial charge in [-0.25, -0.2) is 17.5 Å². The molecule has 0 aliphatic carbocycles. The minimum Gasteiger partial charge on any atom is -0.399 e. The van der Waals surface area contributed by atoms with E-state index in [1.807, 2.05) is 0 Å². The van der Waals surface area contributed by atoms with Crippen molar-refractivity contribution in [2.45, 2.75) is 17.4 Å². The van der Waals surface area contributed by atoms with E-state index < -0.39 is 15.8 Å². The topological polar surface area (TPSA) is 81.4 Å². The van der Waals surface area contributed by atoms with Gasteiger partial charge >= 0.3 is 0 Å². The molecule has 0 amide bonds. The number of hydrogen-bond donors (Lipinski definition) is 2. The lowest BCUT2D eigenvalue weighted by Crippen LogP contribution is -2.35. The lowest BCUT2D eigenvalue weighted by Gasteiger charge is -2.11. The Morgan fingerprint density at radius 3 is 2.76 bits per heavy atom. The smallest absolute Gasteiger partial charge is 0.241 e. The molecule has 1 aromatic carbocycles. The van der Waals surface area contributed by atoms with Crippen LogP contribution in [0.5, 0.6) is 0 Å². The quantitative estimate of drug-likeness (QED) is 0.774. The normalized spacial score (nSPS) is 20.6. The van der Waals surface area contributed by atoms with Crippen LogP contribution in [0.4, 0.5) is 10.1 Å². The summed E-state index contributed by atoms with van der Waals surface area (Å²) in [6.07, 6.45) is 0.615. The van der Waals surface area contributed by atoms with Gasteiger partial charge < -0.3 is 10.5 Å². The Morgan fingerprint density at radius 2 is 2.18 bits per heavy atom. The number of sulfonamides is 1. The van der Waals surface area contributed by atoms with Crippen LogP contribution in [0.25, 0.3) is 0 Å². The van der Waals surface area contributed by atoms with Crippen molar-refractivity contribution in [1.29, 1.82) is 0 Å². The second-order valence-corrected chi connectivity index (χ2v) is 5.62. The summed E-state index contributed by atoms with van der Waals surface area (Å²) in [4.78, 5) is -0.165. The van der Waals surface area contributed by atoms with Crippen LogP contribution in [0.3, 0.4) is 0 Å². The van der Waals surface area contributed by atoms with Gasteiger partial charge in [-0.15, -0.1) is 0 Å². The van der Waals surface area contributed by atoms with Crippen LogP contribution in [0.1, 0.15) is 6.42 Å². The maximum atomic E-state index is 13.1. The van der Waals surface area contributed by atoms with Crippen LogP contribution in [-0.2, 0) is 14.8 Å². The second kappa shape index (κ2) is 4.59. The molecule has 1 aliphatic heterocycles. The first kappa shape index (κ1) is 12.3. The molecular formula is C10H13FN2O3S. The van der Waals surface area contributed by atoms with Crippen molar-refractivity contribution in [2.24, 2.45) is 0 Å². The molecule has 94 valence electrons. The van der Waals surface area contributed by atoms with E-state index in [2.05, 4.69) is 4.72 Å². The molecule has 0 radical (unpaired) electrons. The number of nitrogens with two attached hydrogens (primary N) is 1. The largest absolute Gasteiger partial charge is 0.399 e. The fourth-order valence-corrected chi connectivity index (χ4v) is 2.97. The average molecular weight is 260 g/mol. The molecule has 2 rings (SSSR count). The monoisotopic (exact) mass is 260 g/mol. The Hall–Kier alpha value is -1.18. The summed E-state index contributed by atoms with van der Waals surface area (Å²) in [6, 6.07) is 2.97. The van der Waals surface area contributed by atoms with Crippen LogP contribution in [0.2, 0.25) is 0 Å². The maximum absolute atomic E-state index is 13.1. The van der Waals surface area contributed by atoms with Gasteiger partial charge in [0, 0.05) is 18.3 Å². The highest BCUT2D eigenvalue weighted by Gasteiger charge is 2.23. The molecule has 1 saturated heterocycles. The molecule has 1 unspecified atom stereocenters. The predicted octanol–water partition coefficient (Wildman–Crippen LogP) is 0.475. The van der Waals surface area contributed by atoms with Crippen molar-refractivity contribution in [1.82, 2.24) is 4.72 Å². The van der Waals surface area contributed by atoms with Gasteiger partial charge in [-0.2, -0.15) is 0 Å². The zero-order valence-corrected chi connectivity index (χ0v) is 9.84. The number of benzene rings is 1. The van der Waals surface area contributed by atoms with E-state index in [0.29, 0.717) is 19.6 Å². The summed E-state index contributed by atoms with van der Waals surface area (Å²) in [5, 5.41) is 0. The molecule has 7 heteroatoms. The maximum Gasteiger partial charge on any atom is 0.241 e. The Morgan fingerprint density at radius 1 is 1.41 bits per heavy atom. The van der Waals surface area contributed by atoms with Crippen molar-refractivity contribution in [3.8, 4) is 0 Å². The lowest BCUT2D eigenvalue weighted by atomic mass is 10.3. The molecule has 1 aliphatic rings. The molecule has 0 saturated carbocycles. The van der Waals surface area contributed by atoms with Crippen molar-refractivity contribution in [2.75, 3.05) is 18.9 Å². The second-order valence-electron chi connectivity index (χ2n) is 3.90. The van der Waals surface area contributed by atoms with Crippen LogP contribution in [-0.4, -0.2) is 27.7 Å². The molecular weight excluding hydrogens is 247 g/mol. The van der Waals surface area contributed by atoms with E-state index in [1.165, 1.54) is 6.07 Å². The average Bonchev–Trinajstić information content (AvgIpc) is 2.68. The van der Waals surface area contributed by atoms with Crippen molar-refractivity contribution in [3.05, 3.63) is 24.0 Å². The Bertz CT molecular complexity index is 492. The minimum atomic E-state index is -3.74. The summed E-state index contributed by atoms with van der Waals surface area (Å²) in [6.45, 7) is 0.864. The van der Waals surface area contributed by atoms with Gasteiger partial charge in [-0.05, 0) is 24.6 Å². The van der Waals surface area contributed by atoms with Gasteiger partial charge in [0.1, 0.15) is 5.82 Å². The number of rotatable bonds is 3. The van der Waals surface area contributed by atoms with Crippen LogP contribution in [0.15, 0.2) is 23.1 Å². The number of anilines is 1. The summed E-state index contributed by atoms with van der Waals surface area (Å²) in [5.41, 5.74) is 5.48. The van der Waals surface area contributed by atoms with E-state index in [4.69, 9.17) is 10.5 Å². The van der Waals surface area contributed by atoms with E-state index >= 15 is 0 Å². The molecule has 5 nitrogen and oxygen atoms in total. The Kier molecular flexibility index (Phi) is 3.32. The third-order valence-electron chi connectivity index (χ3n) is 2.46. The summed E-state index contributed by atoms with van der Waals surface area (Å²) in [5.74, 6) is -0.673. The highest BCUT2D eigenvalue weighted by atomic mass is 32.2. The number of nitrogen functional groups attached to an aromatic ring is 1. The number of halogens is 1. The summed E-state index contributed by atoms with van der Waals surface area (Å²) < 4.78 is 44.4. The first-order chi connectivity index (χ1) is 7.97. The molecule has 0 spiro atoms. The van der Waals surface area contributed by atoms with E-state index in [-0.39, 0.29) is 16.6 Å². The van der Waals surface area contributed by atoms with E-state index in [1.54, 1.807) is 0 Å². The van der Waals surface area contributed by atoms with E-state index in [0.717, 1.165) is 12.1 Å². The molecule has 0 bridgehead atoms. The van der Waals surface area contributed by atoms with Gasteiger partial charge in [-0.3, -0.25) is 0 Å². The number of hydrogen-bond acceptors (Lipinski definition) is 4. The Balaban J connectivity index is 2.24. The number of ether oxygens (including phenoxy) is 1. The lowest BCUT2D eigenvalue weighted by molar-refractivity contribution is 0.192. The first-order valence-corrected chi connectivity index (χ1v) is 6.62. The first-order valence-electron chi connectivity index (χ1n) is 5.13. The third kappa shape index (κ3) is 2.93. The molecule has 17 heavy (non-hydrogen) atoms.